The van der Waals surface area contributed by atoms with E-state index >= 15 is 0 Å². The summed E-state index contributed by atoms with van der Waals surface area (Å²) in [6.45, 7) is 4.33. The molecule has 212 valence electrons. The second-order valence-electron chi connectivity index (χ2n) is 10.8. The summed E-state index contributed by atoms with van der Waals surface area (Å²) in [5.74, 6) is 0.796. The first-order valence-corrected chi connectivity index (χ1v) is 18.5. The standard InChI is InChI=1S/C39H36N2P2/c1-32-19-15-17-29-38(32)40-42(34-21-7-3-8-22-34,35-23-9-4-10-24-35)31-43(36-25-11-5-12-26-36,37-27-13-6-14-28-37)41-39-30-18-16-20-33(39)2/h3-30H,31H2,1-2H3. The lowest BCUT2D eigenvalue weighted by Gasteiger charge is -2.35. The molecule has 0 saturated carbocycles. The number of aryl methyl sites for hydroxylation is 2. The molecule has 2 nitrogen and oxygen atoms in total. The molecule has 43 heavy (non-hydrogen) atoms. The minimum atomic E-state index is -2.47. The Balaban J connectivity index is 1.80. The quantitative estimate of drug-likeness (QED) is 0.157. The minimum Gasteiger partial charge on any atom is -0.258 e. The molecule has 0 aromatic heterocycles. The van der Waals surface area contributed by atoms with Crippen LogP contribution in [0.1, 0.15) is 11.1 Å². The van der Waals surface area contributed by atoms with Crippen molar-refractivity contribution >= 4 is 46.7 Å². The van der Waals surface area contributed by atoms with Crippen LogP contribution in [0.25, 0.3) is 0 Å². The van der Waals surface area contributed by atoms with Gasteiger partial charge in [-0.1, -0.05) is 158 Å². The molecule has 0 saturated heterocycles. The zero-order valence-corrected chi connectivity index (χ0v) is 26.5. The molecule has 0 aliphatic carbocycles. The fraction of sp³-hybridized carbons (Fsp3) is 0.0769. The third-order valence-electron chi connectivity index (χ3n) is 7.93. The van der Waals surface area contributed by atoms with Crippen molar-refractivity contribution in [2.45, 2.75) is 13.8 Å². The Bertz CT molecular complexity index is 1690. The molecule has 0 spiro atoms. The van der Waals surface area contributed by atoms with Crippen molar-refractivity contribution < 1.29 is 0 Å². The molecule has 4 heteroatoms. The summed E-state index contributed by atoms with van der Waals surface area (Å²) in [7, 11) is -4.95. The van der Waals surface area contributed by atoms with Crippen molar-refractivity contribution in [2.24, 2.45) is 9.49 Å². The van der Waals surface area contributed by atoms with E-state index in [0.717, 1.165) is 17.3 Å². The van der Waals surface area contributed by atoms with Gasteiger partial charge in [0.1, 0.15) is 0 Å². The maximum absolute atomic E-state index is 5.91. The van der Waals surface area contributed by atoms with E-state index in [-0.39, 0.29) is 0 Å². The highest BCUT2D eigenvalue weighted by molar-refractivity contribution is 7.96. The largest absolute Gasteiger partial charge is 0.258 e. The molecular weight excluding hydrogens is 558 g/mol. The van der Waals surface area contributed by atoms with Gasteiger partial charge in [0, 0.05) is 20.0 Å². The Morgan fingerprint density at radius 3 is 0.884 bits per heavy atom. The highest BCUT2D eigenvalue weighted by Gasteiger charge is 2.36. The lowest BCUT2D eigenvalue weighted by Crippen LogP contribution is -2.25. The molecule has 6 rings (SSSR count). The monoisotopic (exact) mass is 594 g/mol. The Morgan fingerprint density at radius 2 is 0.605 bits per heavy atom. The number of hydrogen-bond acceptors (Lipinski definition) is 2. The SMILES string of the molecule is Cc1ccccc1N=P(CP(=Nc1ccccc1C)(c1ccccc1)c1ccccc1)(c1ccccc1)c1ccccc1. The van der Waals surface area contributed by atoms with Gasteiger partial charge >= 0.3 is 0 Å². The maximum Gasteiger partial charge on any atom is 0.0650 e. The normalized spacial score (nSPS) is 11.6. The first-order valence-electron chi connectivity index (χ1n) is 14.7. The molecule has 0 radical (unpaired) electrons. The van der Waals surface area contributed by atoms with Crippen LogP contribution in [0.4, 0.5) is 11.4 Å². The highest BCUT2D eigenvalue weighted by atomic mass is 31.2. The molecule has 0 aliphatic heterocycles. The molecular formula is C39H36N2P2. The smallest absolute Gasteiger partial charge is 0.0650 e. The average Bonchev–Trinajstić information content (AvgIpc) is 3.07. The number of nitrogens with zero attached hydrogens (tertiary/aromatic N) is 2. The van der Waals surface area contributed by atoms with Crippen LogP contribution in [0.2, 0.25) is 0 Å². The number of hydrogen-bond donors (Lipinski definition) is 0. The van der Waals surface area contributed by atoms with Gasteiger partial charge in [0.2, 0.25) is 0 Å². The van der Waals surface area contributed by atoms with Crippen LogP contribution >= 0.6 is 14.1 Å². The van der Waals surface area contributed by atoms with E-state index in [4.69, 9.17) is 9.49 Å². The summed E-state index contributed by atoms with van der Waals surface area (Å²) in [5, 5.41) is 5.06. The van der Waals surface area contributed by atoms with Crippen LogP contribution in [0.15, 0.2) is 179 Å². The lowest BCUT2D eigenvalue weighted by atomic mass is 10.2. The van der Waals surface area contributed by atoms with Crippen molar-refractivity contribution in [3.8, 4) is 0 Å². The van der Waals surface area contributed by atoms with E-state index in [9.17, 15) is 0 Å². The molecule has 0 N–H and O–H groups in total. The molecule has 0 fully saturated rings. The van der Waals surface area contributed by atoms with Gasteiger partial charge in [-0.15, -0.1) is 0 Å². The zero-order chi connectivity index (χ0) is 29.5. The van der Waals surface area contributed by atoms with Crippen molar-refractivity contribution in [3.05, 3.63) is 181 Å². The van der Waals surface area contributed by atoms with Crippen molar-refractivity contribution in [1.29, 1.82) is 0 Å². The van der Waals surface area contributed by atoms with Crippen LogP contribution in [-0.2, 0) is 0 Å². The van der Waals surface area contributed by atoms with Crippen LogP contribution < -0.4 is 21.2 Å². The maximum atomic E-state index is 5.91. The van der Waals surface area contributed by atoms with Gasteiger partial charge in [0.15, 0.2) is 0 Å². The molecule has 0 atom stereocenters. The summed E-state index contributed by atoms with van der Waals surface area (Å²) < 4.78 is 11.8. The molecule has 6 aromatic rings. The first kappa shape index (κ1) is 28.9. The topological polar surface area (TPSA) is 24.7 Å². The summed E-state index contributed by atoms with van der Waals surface area (Å²) in [5.41, 5.74) is 4.44. The Hall–Kier alpha value is -4.22. The van der Waals surface area contributed by atoms with Gasteiger partial charge in [-0.25, -0.2) is 0 Å². The third kappa shape index (κ3) is 6.00. The molecule has 0 bridgehead atoms. The molecule has 0 amide bonds. The van der Waals surface area contributed by atoms with E-state index < -0.39 is 14.1 Å². The fourth-order valence-corrected chi connectivity index (χ4v) is 16.0. The van der Waals surface area contributed by atoms with E-state index in [1.54, 1.807) is 0 Å². The Kier molecular flexibility index (Phi) is 8.71. The Morgan fingerprint density at radius 1 is 0.349 bits per heavy atom. The minimum absolute atomic E-state index is 0.796. The second-order valence-corrected chi connectivity index (χ2v) is 17.5. The van der Waals surface area contributed by atoms with E-state index in [1.165, 1.54) is 32.3 Å². The van der Waals surface area contributed by atoms with Gasteiger partial charge < -0.3 is 0 Å². The Labute approximate surface area is 256 Å². The van der Waals surface area contributed by atoms with E-state index in [1.807, 2.05) is 0 Å². The second kappa shape index (κ2) is 13.0. The third-order valence-corrected chi connectivity index (χ3v) is 16.9. The summed E-state index contributed by atoms with van der Waals surface area (Å²) >= 11 is 0. The molecule has 0 unspecified atom stereocenters. The van der Waals surface area contributed by atoms with Crippen LogP contribution in [0.3, 0.4) is 0 Å². The number of rotatable bonds is 8. The predicted molar refractivity (Wildman–Crippen MR) is 190 cm³/mol. The summed E-state index contributed by atoms with van der Waals surface area (Å²) in [6.07, 6.45) is 0. The van der Waals surface area contributed by atoms with Crippen LogP contribution in [0, 0.1) is 13.8 Å². The van der Waals surface area contributed by atoms with Gasteiger partial charge in [-0.2, -0.15) is 0 Å². The van der Waals surface area contributed by atoms with Crippen LogP contribution in [0.5, 0.6) is 0 Å². The average molecular weight is 595 g/mol. The fourth-order valence-electron chi connectivity index (χ4n) is 5.63. The summed E-state index contributed by atoms with van der Waals surface area (Å²) in [6, 6.07) is 61.0. The van der Waals surface area contributed by atoms with Crippen molar-refractivity contribution in [1.82, 2.24) is 0 Å². The molecule has 6 aromatic carbocycles. The summed E-state index contributed by atoms with van der Waals surface area (Å²) in [4.78, 5) is 0. The predicted octanol–water partition coefficient (Wildman–Crippen LogP) is 9.93. The zero-order valence-electron chi connectivity index (χ0n) is 24.7. The number of benzene rings is 6. The van der Waals surface area contributed by atoms with Crippen molar-refractivity contribution in [3.63, 3.8) is 0 Å². The van der Waals surface area contributed by atoms with Gasteiger partial charge in [0.05, 0.1) is 11.4 Å². The van der Waals surface area contributed by atoms with Crippen molar-refractivity contribution in [2.75, 3.05) is 5.90 Å². The van der Waals surface area contributed by atoms with Crippen LogP contribution in [-0.4, -0.2) is 5.90 Å². The highest BCUT2D eigenvalue weighted by Crippen LogP contribution is 2.65. The molecule has 0 aliphatic rings. The van der Waals surface area contributed by atoms with Gasteiger partial charge in [-0.3, -0.25) is 9.49 Å². The molecule has 0 heterocycles. The van der Waals surface area contributed by atoms with E-state index in [0.29, 0.717) is 0 Å². The van der Waals surface area contributed by atoms with E-state index in [2.05, 4.69) is 184 Å². The first-order chi connectivity index (χ1) is 21.1. The van der Waals surface area contributed by atoms with Gasteiger partial charge in [0.25, 0.3) is 0 Å². The van der Waals surface area contributed by atoms with Gasteiger partial charge in [-0.05, 0) is 58.3 Å². The lowest BCUT2D eigenvalue weighted by molar-refractivity contribution is 1.41.